The predicted octanol–water partition coefficient (Wildman–Crippen LogP) is 2.67. The van der Waals surface area contributed by atoms with E-state index in [0.29, 0.717) is 63.7 Å². The summed E-state index contributed by atoms with van der Waals surface area (Å²) in [7, 11) is 0. The van der Waals surface area contributed by atoms with Gasteiger partial charge in [-0.3, -0.25) is 14.6 Å². The largest absolute Gasteiger partial charge is 0.490 e. The third-order valence-corrected chi connectivity index (χ3v) is 7.16. The molecule has 43 heavy (non-hydrogen) atoms. The van der Waals surface area contributed by atoms with E-state index in [-0.39, 0.29) is 17.8 Å². The second-order valence-electron chi connectivity index (χ2n) is 9.79. The maximum Gasteiger partial charge on any atom is 0.490 e. The Hall–Kier alpha value is -3.91. The number of nitrogens with one attached hydrogen (secondary N) is 2. The van der Waals surface area contributed by atoms with Crippen LogP contribution in [0.2, 0.25) is 5.02 Å². The van der Waals surface area contributed by atoms with Crippen molar-refractivity contribution in [1.29, 1.82) is 0 Å². The highest BCUT2D eigenvalue weighted by molar-refractivity contribution is 6.31. The molecule has 2 atom stereocenters. The zero-order valence-electron chi connectivity index (χ0n) is 23.2. The first-order valence-corrected chi connectivity index (χ1v) is 14.0. The summed E-state index contributed by atoms with van der Waals surface area (Å²) in [6.45, 7) is 2.78. The molecule has 2 saturated heterocycles. The molecule has 0 bridgehead atoms. The van der Waals surface area contributed by atoms with E-state index in [1.807, 2.05) is 30.3 Å². The Kier molecular flexibility index (Phi) is 12.6. The van der Waals surface area contributed by atoms with Gasteiger partial charge in [-0.1, -0.05) is 35.9 Å². The molecule has 0 spiro atoms. The summed E-state index contributed by atoms with van der Waals surface area (Å²) < 4.78 is 37.1. The van der Waals surface area contributed by atoms with Crippen LogP contribution >= 0.6 is 11.6 Å². The molecular formula is C28H33ClF3N5O6. The number of amides is 4. The number of hydrogen-bond donors (Lipinski definition) is 3. The van der Waals surface area contributed by atoms with E-state index in [2.05, 4.69) is 15.6 Å². The Labute approximate surface area is 251 Å². The molecule has 2 aliphatic rings. The van der Waals surface area contributed by atoms with Crippen LogP contribution in [0.5, 0.6) is 0 Å². The van der Waals surface area contributed by atoms with Gasteiger partial charge in [-0.15, -0.1) is 0 Å². The van der Waals surface area contributed by atoms with Crippen molar-refractivity contribution in [1.82, 2.24) is 25.4 Å². The van der Waals surface area contributed by atoms with Gasteiger partial charge in [0, 0.05) is 50.0 Å². The van der Waals surface area contributed by atoms with Crippen LogP contribution in [0.3, 0.4) is 0 Å². The van der Waals surface area contributed by atoms with E-state index in [1.54, 1.807) is 28.3 Å². The smallest absolute Gasteiger partial charge is 0.475 e. The minimum Gasteiger partial charge on any atom is -0.475 e. The normalized spacial score (nSPS) is 17.3. The Morgan fingerprint density at radius 3 is 2.42 bits per heavy atom. The highest BCUT2D eigenvalue weighted by Gasteiger charge is 2.39. The van der Waals surface area contributed by atoms with Gasteiger partial charge in [0.1, 0.15) is 12.1 Å². The molecular weight excluding hydrogens is 595 g/mol. The van der Waals surface area contributed by atoms with Gasteiger partial charge >= 0.3 is 18.2 Å². The van der Waals surface area contributed by atoms with Gasteiger partial charge in [-0.2, -0.15) is 13.2 Å². The number of urea groups is 1. The number of ether oxygens (including phenoxy) is 1. The van der Waals surface area contributed by atoms with Crippen LogP contribution in [0.4, 0.5) is 18.0 Å². The Bertz CT molecular complexity index is 1250. The fraction of sp³-hybridized carbons (Fsp3) is 0.464. The first kappa shape index (κ1) is 33.6. The standard InChI is InChI=1S/C26H32ClN5O4.C2HF3O2/c27-21-7-2-1-6-20(21)9-11-29-24(33)23-8-4-12-32(23)25(34)22(17-19-5-3-10-28-18-19)30-26(35)31-13-15-36-16-14-31;3-2(4,5)1(6)7/h1-3,5-7,10,18,22-23H,4,8-9,11-17H2,(H,29,33)(H,30,35);(H,6,7)/t22-,23-;/m0./s1. The number of benzene rings is 1. The lowest BCUT2D eigenvalue weighted by atomic mass is 10.1. The fourth-order valence-electron chi connectivity index (χ4n) is 4.60. The van der Waals surface area contributed by atoms with Crippen molar-refractivity contribution in [3.63, 3.8) is 0 Å². The number of halogens is 4. The number of likely N-dealkylation sites (tertiary alicyclic amines) is 1. The number of carbonyl (C=O) groups is 4. The lowest BCUT2D eigenvalue weighted by Gasteiger charge is -2.32. The van der Waals surface area contributed by atoms with E-state index in [0.717, 1.165) is 17.5 Å². The first-order chi connectivity index (χ1) is 20.5. The number of alkyl halides is 3. The lowest BCUT2D eigenvalue weighted by Crippen LogP contribution is -2.57. The lowest BCUT2D eigenvalue weighted by molar-refractivity contribution is -0.192. The molecule has 2 aromatic rings. The van der Waals surface area contributed by atoms with Gasteiger partial charge in [0.15, 0.2) is 0 Å². The van der Waals surface area contributed by atoms with Crippen LogP contribution in [0.25, 0.3) is 0 Å². The molecule has 0 aliphatic carbocycles. The molecule has 2 aliphatic heterocycles. The number of nitrogens with zero attached hydrogens (tertiary/aromatic N) is 3. The number of carboxylic acid groups (broad SMARTS) is 1. The first-order valence-electron chi connectivity index (χ1n) is 13.6. The molecule has 0 saturated carbocycles. The number of pyridine rings is 1. The number of aliphatic carboxylic acids is 1. The molecule has 11 nitrogen and oxygen atoms in total. The predicted molar refractivity (Wildman–Crippen MR) is 149 cm³/mol. The summed E-state index contributed by atoms with van der Waals surface area (Å²) in [6, 6.07) is 9.52. The molecule has 234 valence electrons. The van der Waals surface area contributed by atoms with Crippen molar-refractivity contribution in [3.8, 4) is 0 Å². The number of carboxylic acids is 1. The third kappa shape index (κ3) is 10.4. The summed E-state index contributed by atoms with van der Waals surface area (Å²) >= 11 is 6.22. The molecule has 15 heteroatoms. The van der Waals surface area contributed by atoms with Crippen LogP contribution in [0.1, 0.15) is 24.0 Å². The van der Waals surface area contributed by atoms with Crippen LogP contribution in [0, 0.1) is 0 Å². The number of hydrogen-bond acceptors (Lipinski definition) is 6. The average molecular weight is 628 g/mol. The maximum absolute atomic E-state index is 13.7. The molecule has 3 N–H and O–H groups in total. The summed E-state index contributed by atoms with van der Waals surface area (Å²) in [4.78, 5) is 55.9. The van der Waals surface area contributed by atoms with E-state index >= 15 is 0 Å². The molecule has 0 radical (unpaired) electrons. The zero-order chi connectivity index (χ0) is 31.4. The van der Waals surface area contributed by atoms with Crippen molar-refractivity contribution in [3.05, 3.63) is 64.9 Å². The number of rotatable bonds is 8. The van der Waals surface area contributed by atoms with Gasteiger partial charge in [0.2, 0.25) is 11.8 Å². The van der Waals surface area contributed by atoms with Crippen LogP contribution in [0.15, 0.2) is 48.8 Å². The molecule has 1 aromatic heterocycles. The maximum atomic E-state index is 13.7. The Balaban J connectivity index is 0.000000646. The number of carbonyl (C=O) groups excluding carboxylic acids is 3. The summed E-state index contributed by atoms with van der Waals surface area (Å²) in [6.07, 6.45) is 0.470. The Morgan fingerprint density at radius 2 is 1.79 bits per heavy atom. The minimum absolute atomic E-state index is 0.187. The van der Waals surface area contributed by atoms with E-state index in [1.165, 1.54) is 0 Å². The number of morpholine rings is 1. The van der Waals surface area contributed by atoms with E-state index < -0.39 is 24.2 Å². The van der Waals surface area contributed by atoms with Crippen molar-refractivity contribution in [2.45, 2.75) is 43.9 Å². The Morgan fingerprint density at radius 1 is 1.09 bits per heavy atom. The monoisotopic (exact) mass is 627 g/mol. The SMILES string of the molecule is O=C(NCCc1ccccc1Cl)[C@@H]1CCCN1C(=O)[C@H](Cc1cccnc1)NC(=O)N1CCOCC1.O=C(O)C(F)(F)F. The highest BCUT2D eigenvalue weighted by Crippen LogP contribution is 2.20. The van der Waals surface area contributed by atoms with Gasteiger partial charge in [0.05, 0.1) is 13.2 Å². The molecule has 4 amide bonds. The van der Waals surface area contributed by atoms with Gasteiger partial charge in [-0.25, -0.2) is 9.59 Å². The van der Waals surface area contributed by atoms with Gasteiger partial charge < -0.3 is 30.3 Å². The summed E-state index contributed by atoms with van der Waals surface area (Å²) in [5.41, 5.74) is 1.79. The van der Waals surface area contributed by atoms with Crippen molar-refractivity contribution >= 4 is 35.4 Å². The molecule has 3 heterocycles. The van der Waals surface area contributed by atoms with E-state index in [9.17, 15) is 27.6 Å². The second-order valence-corrected chi connectivity index (χ2v) is 10.2. The van der Waals surface area contributed by atoms with Crippen LogP contribution < -0.4 is 10.6 Å². The molecule has 4 rings (SSSR count). The molecule has 1 aromatic carbocycles. The highest BCUT2D eigenvalue weighted by atomic mass is 35.5. The van der Waals surface area contributed by atoms with Crippen molar-refractivity contribution < 1.29 is 42.2 Å². The van der Waals surface area contributed by atoms with Crippen molar-refractivity contribution in [2.75, 3.05) is 39.4 Å². The quantitative estimate of drug-likeness (QED) is 0.409. The van der Waals surface area contributed by atoms with Gasteiger partial charge in [-0.05, 0) is 42.5 Å². The van der Waals surface area contributed by atoms with Crippen molar-refractivity contribution in [2.24, 2.45) is 0 Å². The van der Waals surface area contributed by atoms with Crippen LogP contribution in [-0.4, -0.2) is 101 Å². The van der Waals surface area contributed by atoms with E-state index in [4.69, 9.17) is 26.2 Å². The average Bonchev–Trinajstić information content (AvgIpc) is 3.48. The van der Waals surface area contributed by atoms with Crippen LogP contribution in [-0.2, 0) is 32.0 Å². The zero-order valence-corrected chi connectivity index (χ0v) is 23.9. The summed E-state index contributed by atoms with van der Waals surface area (Å²) in [5.74, 6) is -3.20. The number of aromatic nitrogens is 1. The van der Waals surface area contributed by atoms with Gasteiger partial charge in [0.25, 0.3) is 0 Å². The third-order valence-electron chi connectivity index (χ3n) is 6.79. The fourth-order valence-corrected chi connectivity index (χ4v) is 4.83. The summed E-state index contributed by atoms with van der Waals surface area (Å²) in [5, 5.41) is 13.7. The molecule has 0 unspecified atom stereocenters. The topological polar surface area (TPSA) is 141 Å². The molecule has 2 fully saturated rings. The minimum atomic E-state index is -5.08. The second kappa shape index (κ2) is 16.1.